The minimum Gasteiger partial charge on any atom is -0.505 e. The molecule has 122 valence electrons. The van der Waals surface area contributed by atoms with Crippen LogP contribution in [-0.4, -0.2) is 49.3 Å². The van der Waals surface area contributed by atoms with Crippen LogP contribution in [0.3, 0.4) is 0 Å². The first kappa shape index (κ1) is 17.9. The number of aromatic hydroxyl groups is 1. The summed E-state index contributed by atoms with van der Waals surface area (Å²) in [5.74, 6) is -2.26. The Morgan fingerprint density at radius 3 is 2.58 bits per heavy atom. The molecule has 0 bridgehead atoms. The Balaban J connectivity index is 2.38. The number of rotatable bonds is 5. The molecule has 0 spiro atoms. The van der Waals surface area contributed by atoms with E-state index in [9.17, 15) is 14.7 Å². The second-order valence-corrected chi connectivity index (χ2v) is 5.99. The van der Waals surface area contributed by atoms with Gasteiger partial charge >= 0.3 is 5.97 Å². The molecular weight excluding hydrogens is 329 g/mol. The maximum atomic E-state index is 11.8. The van der Waals surface area contributed by atoms with Gasteiger partial charge in [-0.15, -0.1) is 0 Å². The highest BCUT2D eigenvalue weighted by Gasteiger charge is 2.16. The number of hydrogen-bond acceptors (Lipinski definition) is 4. The van der Waals surface area contributed by atoms with Crippen LogP contribution in [-0.2, 0) is 4.79 Å². The highest BCUT2D eigenvalue weighted by Crippen LogP contribution is 2.32. The number of hydrogen-bond donors (Lipinski definition) is 3. The molecule has 0 fully saturated rings. The fraction of sp³-hybridized carbons (Fsp3) is 0.133. The predicted octanol–water partition coefficient (Wildman–Crippen LogP) is 0.187. The normalized spacial score (nSPS) is 10.6. The maximum Gasteiger partial charge on any atom is 0.322 e. The lowest BCUT2D eigenvalue weighted by Gasteiger charge is -2.14. The molecule has 0 unspecified atom stereocenters. The number of carbonyl (C=O) groups is 2. The molecule has 9 heteroatoms. The van der Waals surface area contributed by atoms with Crippen molar-refractivity contribution < 1.29 is 19.8 Å². The molecule has 1 aromatic carbocycles. The van der Waals surface area contributed by atoms with Gasteiger partial charge in [-0.05, 0) is 23.8 Å². The molecule has 6 nitrogen and oxygen atoms in total. The Morgan fingerprint density at radius 1 is 1.29 bits per heavy atom. The molecule has 0 saturated carbocycles. The fourth-order valence-electron chi connectivity index (χ4n) is 2.30. The van der Waals surface area contributed by atoms with Crippen molar-refractivity contribution in [3.05, 3.63) is 46.7 Å². The number of pyridine rings is 1. The van der Waals surface area contributed by atoms with Gasteiger partial charge in [0.2, 0.25) is 0 Å². The molecule has 1 heterocycles. The maximum absolute atomic E-state index is 11.8. The van der Waals surface area contributed by atoms with Crippen LogP contribution in [0.2, 0.25) is 5.02 Å². The first-order chi connectivity index (χ1) is 11.3. The zero-order chi connectivity index (χ0) is 17.9. The van der Waals surface area contributed by atoms with Crippen LogP contribution >= 0.6 is 11.6 Å². The number of aliphatic carboxylic acids is 1. The van der Waals surface area contributed by atoms with Crippen molar-refractivity contribution in [1.29, 1.82) is 0 Å². The second kappa shape index (κ2) is 7.40. The van der Waals surface area contributed by atoms with Gasteiger partial charge in [0.05, 0.1) is 0 Å². The van der Waals surface area contributed by atoms with E-state index in [2.05, 4.69) is 10.3 Å². The largest absolute Gasteiger partial charge is 0.505 e. The summed E-state index contributed by atoms with van der Waals surface area (Å²) in [6.07, 6.45) is 1.45. The summed E-state index contributed by atoms with van der Waals surface area (Å²) < 4.78 is 0. The number of aromatic nitrogens is 1. The van der Waals surface area contributed by atoms with Crippen molar-refractivity contribution in [3.8, 4) is 16.9 Å². The lowest BCUT2D eigenvalue weighted by atomic mass is 9.65. The zero-order valence-electron chi connectivity index (χ0n) is 13.2. The molecule has 24 heavy (non-hydrogen) atoms. The monoisotopic (exact) mass is 344 g/mol. The van der Waals surface area contributed by atoms with Crippen LogP contribution in [0.1, 0.15) is 21.8 Å². The molecule has 0 aliphatic rings. The van der Waals surface area contributed by atoms with Gasteiger partial charge < -0.3 is 15.5 Å². The number of nitrogens with one attached hydrogen (secondary N) is 1. The van der Waals surface area contributed by atoms with Gasteiger partial charge in [-0.2, -0.15) is 0 Å². The minimum absolute atomic E-state index is 0.229. The van der Waals surface area contributed by atoms with Crippen molar-refractivity contribution in [3.63, 3.8) is 0 Å². The molecule has 0 atom stereocenters. The topological polar surface area (TPSA) is 99.5 Å². The van der Waals surface area contributed by atoms with E-state index in [0.29, 0.717) is 10.6 Å². The van der Waals surface area contributed by atoms with E-state index >= 15 is 0 Å². The van der Waals surface area contributed by atoms with E-state index in [1.54, 1.807) is 12.1 Å². The summed E-state index contributed by atoms with van der Waals surface area (Å²) in [6.45, 7) is -0.548. The zero-order valence-corrected chi connectivity index (χ0v) is 14.0. The number of halogens is 1. The third-order valence-corrected chi connectivity index (χ3v) is 3.67. The predicted molar refractivity (Wildman–Crippen MR) is 96.1 cm³/mol. The van der Waals surface area contributed by atoms with Crippen molar-refractivity contribution >= 4 is 39.2 Å². The summed E-state index contributed by atoms with van der Waals surface area (Å²) in [4.78, 5) is 26.3. The lowest BCUT2D eigenvalue weighted by molar-refractivity contribution is -0.135. The number of benzene rings is 1. The molecular formula is C15H15B2ClN2O4. The Morgan fingerprint density at radius 2 is 2.00 bits per heavy atom. The summed E-state index contributed by atoms with van der Waals surface area (Å²) in [5, 5.41) is 21.4. The van der Waals surface area contributed by atoms with E-state index in [1.165, 1.54) is 12.3 Å². The molecule has 0 saturated heterocycles. The fourth-order valence-corrected chi connectivity index (χ4v) is 2.47. The number of carboxylic acids is 1. The van der Waals surface area contributed by atoms with Crippen LogP contribution in [0.25, 0.3) is 11.1 Å². The molecule has 2 aromatic rings. The first-order valence-electron chi connectivity index (χ1n) is 7.28. The molecule has 2 rings (SSSR count). The number of carboxylic acid groups (broad SMARTS) is 1. The van der Waals surface area contributed by atoms with Gasteiger partial charge in [-0.25, -0.2) is 4.98 Å². The highest BCUT2D eigenvalue weighted by molar-refractivity contribution is 6.36. The van der Waals surface area contributed by atoms with E-state index < -0.39 is 18.4 Å². The van der Waals surface area contributed by atoms with E-state index in [1.807, 2.05) is 21.8 Å². The standard InChI is InChI=1S/C15H15B2ClN2O4/c16-14(17)9-2-1-8(18)4-10(9)7-3-11(21)13(19-5-7)15(24)20-6-12(22)23/h1-5,14,21H,6,16-17H2,(H,20,24)(H,22,23). The van der Waals surface area contributed by atoms with Gasteiger partial charge in [0.1, 0.15) is 28.0 Å². The van der Waals surface area contributed by atoms with Crippen LogP contribution in [0.4, 0.5) is 0 Å². The van der Waals surface area contributed by atoms with Gasteiger partial charge in [0.15, 0.2) is 5.69 Å². The van der Waals surface area contributed by atoms with Gasteiger partial charge in [0, 0.05) is 16.8 Å². The summed E-state index contributed by atoms with van der Waals surface area (Å²) >= 11 is 6.06. The Hall–Kier alpha value is -2.47. The minimum atomic E-state index is -1.18. The van der Waals surface area contributed by atoms with Crippen molar-refractivity contribution in [2.75, 3.05) is 6.54 Å². The number of nitrogens with zero attached hydrogens (tertiary/aromatic N) is 1. The molecule has 1 aromatic heterocycles. The van der Waals surface area contributed by atoms with E-state index in [4.69, 9.17) is 16.7 Å². The number of carbonyl (C=O) groups excluding carboxylic acids is 1. The van der Waals surface area contributed by atoms with Crippen molar-refractivity contribution in [2.24, 2.45) is 0 Å². The van der Waals surface area contributed by atoms with E-state index in [-0.39, 0.29) is 17.2 Å². The third kappa shape index (κ3) is 4.08. The first-order valence-corrected chi connectivity index (χ1v) is 7.66. The second-order valence-electron chi connectivity index (χ2n) is 5.55. The Labute approximate surface area is 145 Å². The molecule has 0 aliphatic heterocycles. The van der Waals surface area contributed by atoms with Gasteiger partial charge in [-0.3, -0.25) is 9.59 Å². The SMILES string of the molecule is BC(B)c1ccc(Cl)cc1-c1cnc(C(=O)NCC(=O)O)c(O)c1. The van der Waals surface area contributed by atoms with Crippen molar-refractivity contribution in [1.82, 2.24) is 10.3 Å². The van der Waals surface area contributed by atoms with Crippen LogP contribution in [0.5, 0.6) is 5.75 Å². The van der Waals surface area contributed by atoms with Gasteiger partial charge in [0.25, 0.3) is 5.91 Å². The average molecular weight is 344 g/mol. The molecule has 0 aliphatic carbocycles. The van der Waals surface area contributed by atoms with Crippen LogP contribution < -0.4 is 5.32 Å². The molecule has 1 amide bonds. The molecule has 3 N–H and O–H groups in total. The smallest absolute Gasteiger partial charge is 0.322 e. The quantitative estimate of drug-likeness (QED) is 0.673. The Kier molecular flexibility index (Phi) is 5.51. The van der Waals surface area contributed by atoms with Crippen LogP contribution in [0.15, 0.2) is 30.5 Å². The summed E-state index contributed by atoms with van der Waals surface area (Å²) in [5.41, 5.74) is 2.47. The molecule has 0 radical (unpaired) electrons. The highest BCUT2D eigenvalue weighted by atomic mass is 35.5. The van der Waals surface area contributed by atoms with Gasteiger partial charge in [-0.1, -0.05) is 28.9 Å². The third-order valence-electron chi connectivity index (χ3n) is 3.43. The summed E-state index contributed by atoms with van der Waals surface area (Å²) in [6, 6.07) is 6.89. The average Bonchev–Trinajstić information content (AvgIpc) is 2.52. The number of amides is 1. The van der Waals surface area contributed by atoms with Crippen LogP contribution in [0, 0.1) is 0 Å². The summed E-state index contributed by atoms with van der Waals surface area (Å²) in [7, 11) is 4.07. The van der Waals surface area contributed by atoms with Crippen molar-refractivity contribution in [2.45, 2.75) is 5.72 Å². The Bertz CT molecular complexity index is 799. The lowest BCUT2D eigenvalue weighted by Crippen LogP contribution is -2.29. The van der Waals surface area contributed by atoms with E-state index in [0.717, 1.165) is 11.1 Å².